The minimum atomic E-state index is -1.36. The summed E-state index contributed by atoms with van der Waals surface area (Å²) in [6.45, 7) is 8.04. The predicted octanol–water partition coefficient (Wildman–Crippen LogP) is 0.841. The third-order valence-corrected chi connectivity index (χ3v) is 1.79. The van der Waals surface area contributed by atoms with E-state index in [1.54, 1.807) is 13.8 Å². The molecule has 2 atom stereocenters. The van der Waals surface area contributed by atoms with Crippen molar-refractivity contribution in [3.05, 3.63) is 12.7 Å². The minimum Gasteiger partial charge on any atom is -0.405 e. The Balaban J connectivity index is 2.42. The maximum absolute atomic E-state index is 11.0. The summed E-state index contributed by atoms with van der Waals surface area (Å²) < 4.78 is 20.5. The lowest BCUT2D eigenvalue weighted by Gasteiger charge is -2.27. The van der Waals surface area contributed by atoms with E-state index < -0.39 is 11.9 Å². The van der Waals surface area contributed by atoms with Crippen molar-refractivity contribution >= 4 is 5.97 Å². The van der Waals surface area contributed by atoms with Gasteiger partial charge in [0, 0.05) is 13.0 Å². The van der Waals surface area contributed by atoms with E-state index in [9.17, 15) is 4.79 Å². The fourth-order valence-corrected chi connectivity index (χ4v) is 0.996. The van der Waals surface area contributed by atoms with Gasteiger partial charge in [-0.1, -0.05) is 6.58 Å². The summed E-state index contributed by atoms with van der Waals surface area (Å²) in [5.74, 6) is -1.94. The Hall–Kier alpha value is -0.910. The molecule has 0 radical (unpaired) electrons. The molecule has 0 bridgehead atoms. The van der Waals surface area contributed by atoms with E-state index in [0.29, 0.717) is 19.8 Å². The fraction of sp³-hybridized carbons (Fsp3) is 0.700. The van der Waals surface area contributed by atoms with Crippen LogP contribution in [-0.2, 0) is 23.7 Å². The highest BCUT2D eigenvalue weighted by molar-refractivity contribution is 5.81. The Labute approximate surface area is 88.9 Å². The largest absolute Gasteiger partial charge is 0.405 e. The number of carbonyl (C=O) groups is 1. The van der Waals surface area contributed by atoms with Crippen molar-refractivity contribution in [3.63, 3.8) is 0 Å². The molecule has 1 heterocycles. The van der Waals surface area contributed by atoms with Crippen molar-refractivity contribution in [2.75, 3.05) is 19.8 Å². The molecule has 1 rings (SSSR count). The number of rotatable bonds is 7. The molecule has 0 aromatic rings. The van der Waals surface area contributed by atoms with Gasteiger partial charge in [0.25, 0.3) is 0 Å². The predicted molar refractivity (Wildman–Crippen MR) is 52.0 cm³/mol. The second-order valence-electron chi connectivity index (χ2n) is 3.19. The van der Waals surface area contributed by atoms with Crippen LogP contribution in [0.15, 0.2) is 12.7 Å². The summed E-state index contributed by atoms with van der Waals surface area (Å²) >= 11 is 0. The number of hydrogen-bond acceptors (Lipinski definition) is 5. The van der Waals surface area contributed by atoms with Crippen molar-refractivity contribution in [1.82, 2.24) is 0 Å². The van der Waals surface area contributed by atoms with Gasteiger partial charge in [0.15, 0.2) is 0 Å². The standard InChI is InChI=1S/C10H16O5/c1-4-9(11)15-10(3,13-5-2)14-7-8-6-12-8/h4,8H,1,5-7H2,2-3H3. The molecular weight excluding hydrogens is 200 g/mol. The Kier molecular flexibility index (Phi) is 4.26. The summed E-state index contributed by atoms with van der Waals surface area (Å²) in [5.41, 5.74) is 0. The van der Waals surface area contributed by atoms with Crippen LogP contribution in [0.4, 0.5) is 0 Å². The highest BCUT2D eigenvalue weighted by Crippen LogP contribution is 2.19. The molecule has 0 aromatic carbocycles. The highest BCUT2D eigenvalue weighted by Gasteiger charge is 2.34. The minimum absolute atomic E-state index is 0.0900. The molecule has 0 N–H and O–H groups in total. The van der Waals surface area contributed by atoms with Crippen LogP contribution < -0.4 is 0 Å². The number of ether oxygens (including phenoxy) is 4. The first-order valence-corrected chi connectivity index (χ1v) is 4.84. The molecule has 1 aliphatic rings. The van der Waals surface area contributed by atoms with Crippen LogP contribution in [0.5, 0.6) is 0 Å². The Morgan fingerprint density at radius 2 is 2.33 bits per heavy atom. The average molecular weight is 216 g/mol. The molecule has 86 valence electrons. The molecule has 1 saturated heterocycles. The molecule has 5 heteroatoms. The normalized spacial score (nSPS) is 22.9. The quantitative estimate of drug-likeness (QED) is 0.273. The van der Waals surface area contributed by atoms with Gasteiger partial charge < -0.3 is 18.9 Å². The summed E-state index contributed by atoms with van der Waals surface area (Å²) in [6.07, 6.45) is 1.15. The SMILES string of the molecule is C=CC(=O)OC(C)(OCC)OCC1CO1. The lowest BCUT2D eigenvalue weighted by molar-refractivity contribution is -0.350. The molecule has 15 heavy (non-hydrogen) atoms. The second-order valence-corrected chi connectivity index (χ2v) is 3.19. The smallest absolute Gasteiger partial charge is 0.334 e. The monoisotopic (exact) mass is 216 g/mol. The van der Waals surface area contributed by atoms with Crippen molar-refractivity contribution < 1.29 is 23.7 Å². The topological polar surface area (TPSA) is 57.3 Å². The van der Waals surface area contributed by atoms with Crippen LogP contribution >= 0.6 is 0 Å². The van der Waals surface area contributed by atoms with Crippen LogP contribution in [0.1, 0.15) is 13.8 Å². The van der Waals surface area contributed by atoms with Gasteiger partial charge in [-0.15, -0.1) is 0 Å². The first kappa shape index (κ1) is 12.2. The van der Waals surface area contributed by atoms with Gasteiger partial charge in [-0.2, -0.15) is 0 Å². The van der Waals surface area contributed by atoms with Gasteiger partial charge >= 0.3 is 11.9 Å². The van der Waals surface area contributed by atoms with Crippen LogP contribution in [0.25, 0.3) is 0 Å². The summed E-state index contributed by atoms with van der Waals surface area (Å²) in [5, 5.41) is 0. The molecule has 0 saturated carbocycles. The third-order valence-electron chi connectivity index (χ3n) is 1.79. The zero-order chi connectivity index (χ0) is 11.3. The Morgan fingerprint density at radius 3 is 2.80 bits per heavy atom. The number of epoxide rings is 1. The van der Waals surface area contributed by atoms with E-state index in [0.717, 1.165) is 6.08 Å². The van der Waals surface area contributed by atoms with Gasteiger partial charge in [0.05, 0.1) is 19.8 Å². The van der Waals surface area contributed by atoms with Crippen molar-refractivity contribution in [1.29, 1.82) is 0 Å². The zero-order valence-electron chi connectivity index (χ0n) is 9.02. The molecule has 1 fully saturated rings. The van der Waals surface area contributed by atoms with E-state index in [1.807, 2.05) is 0 Å². The van der Waals surface area contributed by atoms with Crippen LogP contribution in [0.2, 0.25) is 0 Å². The van der Waals surface area contributed by atoms with E-state index in [-0.39, 0.29) is 6.10 Å². The van der Waals surface area contributed by atoms with Gasteiger partial charge in [-0.05, 0) is 6.92 Å². The third kappa shape index (κ3) is 4.42. The lowest BCUT2D eigenvalue weighted by Crippen LogP contribution is -2.38. The second kappa shape index (κ2) is 5.25. The molecule has 5 nitrogen and oxygen atoms in total. The lowest BCUT2D eigenvalue weighted by atomic mass is 10.5. The average Bonchev–Trinajstić information content (AvgIpc) is 2.98. The molecule has 1 aliphatic heterocycles. The molecule has 2 unspecified atom stereocenters. The maximum atomic E-state index is 11.0. The van der Waals surface area contributed by atoms with E-state index in [4.69, 9.17) is 18.9 Å². The van der Waals surface area contributed by atoms with Crippen molar-refractivity contribution in [3.8, 4) is 0 Å². The van der Waals surface area contributed by atoms with Crippen LogP contribution in [0, 0.1) is 0 Å². The van der Waals surface area contributed by atoms with Gasteiger partial charge in [-0.25, -0.2) is 4.79 Å². The van der Waals surface area contributed by atoms with E-state index >= 15 is 0 Å². The van der Waals surface area contributed by atoms with Gasteiger partial charge in [-0.3, -0.25) is 0 Å². The Morgan fingerprint density at radius 1 is 1.67 bits per heavy atom. The van der Waals surface area contributed by atoms with Crippen molar-refractivity contribution in [2.24, 2.45) is 0 Å². The van der Waals surface area contributed by atoms with E-state index in [2.05, 4.69) is 6.58 Å². The maximum Gasteiger partial charge on any atom is 0.334 e. The fourth-order valence-electron chi connectivity index (χ4n) is 0.996. The van der Waals surface area contributed by atoms with Gasteiger partial charge in [0.2, 0.25) is 0 Å². The molecular formula is C10H16O5. The summed E-state index contributed by atoms with van der Waals surface area (Å²) in [7, 11) is 0. The number of hydrogen-bond donors (Lipinski definition) is 0. The first-order valence-electron chi connectivity index (χ1n) is 4.84. The summed E-state index contributed by atoms with van der Waals surface area (Å²) in [4.78, 5) is 11.0. The first-order chi connectivity index (χ1) is 7.09. The van der Waals surface area contributed by atoms with Crippen LogP contribution in [-0.4, -0.2) is 37.9 Å². The number of esters is 1. The molecule has 0 amide bonds. The zero-order valence-corrected chi connectivity index (χ0v) is 9.02. The number of carbonyl (C=O) groups excluding carboxylic acids is 1. The van der Waals surface area contributed by atoms with Gasteiger partial charge in [0.1, 0.15) is 6.10 Å². The van der Waals surface area contributed by atoms with Crippen molar-refractivity contribution in [2.45, 2.75) is 25.9 Å². The highest BCUT2D eigenvalue weighted by atomic mass is 16.9. The van der Waals surface area contributed by atoms with Crippen LogP contribution in [0.3, 0.4) is 0 Å². The summed E-state index contributed by atoms with van der Waals surface area (Å²) in [6, 6.07) is 0. The molecule has 0 spiro atoms. The molecule has 0 aliphatic carbocycles. The molecule has 0 aromatic heterocycles. The Bertz CT molecular complexity index is 236. The van der Waals surface area contributed by atoms with E-state index in [1.165, 1.54) is 0 Å².